The fourth-order valence-electron chi connectivity index (χ4n) is 7.56. The van der Waals surface area contributed by atoms with Crippen LogP contribution in [0.1, 0.15) is 12.8 Å². The van der Waals surface area contributed by atoms with E-state index in [0.717, 1.165) is 35.6 Å². The van der Waals surface area contributed by atoms with Crippen LogP contribution in [0.25, 0.3) is 0 Å². The third-order valence-electron chi connectivity index (χ3n) is 9.45. The minimum Gasteiger partial charge on any atom is -0.314 e. The molecule has 0 atom stereocenters. The normalized spacial score (nSPS) is 14.3. The van der Waals surface area contributed by atoms with E-state index in [1.165, 1.54) is 44.8 Å². The highest BCUT2D eigenvalue weighted by Crippen LogP contribution is 2.47. The van der Waals surface area contributed by atoms with E-state index in [1.807, 2.05) is 0 Å². The van der Waals surface area contributed by atoms with E-state index < -0.39 is 0 Å². The quantitative estimate of drug-likeness (QED) is 0.185. The summed E-state index contributed by atoms with van der Waals surface area (Å²) in [6, 6.07) is 55.3. The van der Waals surface area contributed by atoms with Crippen LogP contribution in [0.2, 0.25) is 0 Å². The van der Waals surface area contributed by atoms with E-state index in [1.54, 1.807) is 0 Å². The van der Waals surface area contributed by atoms with E-state index in [-0.39, 0.29) is 6.71 Å². The Bertz CT molecular complexity index is 2010. The van der Waals surface area contributed by atoms with Crippen LogP contribution in [0.15, 0.2) is 176 Å². The fourth-order valence-corrected chi connectivity index (χ4v) is 7.56. The molecule has 3 aliphatic rings. The maximum atomic E-state index is 2.48. The molecule has 0 bridgehead atoms. The van der Waals surface area contributed by atoms with E-state index in [0.29, 0.717) is 0 Å². The number of hydrogen-bond donors (Lipinski definition) is 0. The van der Waals surface area contributed by atoms with Crippen molar-refractivity contribution in [1.29, 1.82) is 0 Å². The molecular formula is C42H32BN3. The molecule has 0 aromatic heterocycles. The van der Waals surface area contributed by atoms with Crippen molar-refractivity contribution in [2.24, 2.45) is 0 Å². The molecule has 2 heterocycles. The predicted molar refractivity (Wildman–Crippen MR) is 196 cm³/mol. The Morgan fingerprint density at radius 1 is 0.500 bits per heavy atom. The second-order valence-corrected chi connectivity index (χ2v) is 12.1. The summed E-state index contributed by atoms with van der Waals surface area (Å²) in [5.74, 6) is 0. The zero-order valence-electron chi connectivity index (χ0n) is 25.5. The van der Waals surface area contributed by atoms with Gasteiger partial charge in [0, 0.05) is 51.2 Å². The fraction of sp³-hybridized carbons (Fsp3) is 0.0476. The minimum absolute atomic E-state index is 0.105. The average molecular weight is 590 g/mol. The molecule has 4 heteroatoms. The van der Waals surface area contributed by atoms with Crippen LogP contribution in [0.3, 0.4) is 0 Å². The molecule has 9 rings (SSSR count). The van der Waals surface area contributed by atoms with Gasteiger partial charge < -0.3 is 14.7 Å². The van der Waals surface area contributed by atoms with Gasteiger partial charge >= 0.3 is 0 Å². The van der Waals surface area contributed by atoms with Crippen LogP contribution >= 0.6 is 0 Å². The number of nitrogens with zero attached hydrogens (tertiary/aromatic N) is 3. The topological polar surface area (TPSA) is 9.72 Å². The monoisotopic (exact) mass is 589 g/mol. The number of allylic oxidation sites excluding steroid dienone is 4. The standard InChI is InChI=1S/C42H32BN3/c1-5-17-31(18-6-1)44(32-19-7-2-8-20-32)35-29-40-42-41(30-35)46(34-23-11-4-12-24-34)39-28-16-14-26-37(39)43(42)36-25-13-15-27-38(36)45(40)33-21-9-3-10-22-33/h1-7,9-19,21-30H,8,20H2. The van der Waals surface area contributed by atoms with Gasteiger partial charge in [0.25, 0.3) is 6.71 Å². The molecule has 3 nitrogen and oxygen atoms in total. The average Bonchev–Trinajstić information content (AvgIpc) is 3.13. The molecule has 0 saturated carbocycles. The van der Waals surface area contributed by atoms with Crippen molar-refractivity contribution in [3.05, 3.63) is 176 Å². The Morgan fingerprint density at radius 3 is 1.52 bits per heavy atom. The van der Waals surface area contributed by atoms with E-state index in [9.17, 15) is 0 Å². The van der Waals surface area contributed by atoms with Crippen LogP contribution in [-0.2, 0) is 0 Å². The third kappa shape index (κ3) is 4.22. The molecule has 46 heavy (non-hydrogen) atoms. The molecular weight excluding hydrogens is 557 g/mol. The van der Waals surface area contributed by atoms with E-state index in [4.69, 9.17) is 0 Å². The van der Waals surface area contributed by atoms with Gasteiger partial charge in [-0.2, -0.15) is 0 Å². The van der Waals surface area contributed by atoms with Crippen molar-refractivity contribution in [1.82, 2.24) is 0 Å². The van der Waals surface area contributed by atoms with Crippen LogP contribution in [-0.4, -0.2) is 6.71 Å². The number of para-hydroxylation sites is 5. The summed E-state index contributed by atoms with van der Waals surface area (Å²) in [4.78, 5) is 7.41. The van der Waals surface area contributed by atoms with Crippen molar-refractivity contribution >= 4 is 68.6 Å². The molecule has 0 amide bonds. The highest BCUT2D eigenvalue weighted by Gasteiger charge is 2.43. The third-order valence-corrected chi connectivity index (χ3v) is 9.45. The van der Waals surface area contributed by atoms with Crippen LogP contribution < -0.4 is 31.1 Å². The summed E-state index contributed by atoms with van der Waals surface area (Å²) in [7, 11) is 0. The maximum absolute atomic E-state index is 2.48. The summed E-state index contributed by atoms with van der Waals surface area (Å²) in [6.45, 7) is 0.105. The summed E-state index contributed by atoms with van der Waals surface area (Å²) >= 11 is 0. The number of benzene rings is 6. The van der Waals surface area contributed by atoms with Crippen molar-refractivity contribution in [2.75, 3.05) is 14.7 Å². The molecule has 6 aromatic rings. The molecule has 218 valence electrons. The van der Waals surface area contributed by atoms with Gasteiger partial charge in [-0.05, 0) is 96.0 Å². The van der Waals surface area contributed by atoms with Gasteiger partial charge in [0.15, 0.2) is 0 Å². The van der Waals surface area contributed by atoms with Gasteiger partial charge in [-0.1, -0.05) is 103 Å². The lowest BCUT2D eigenvalue weighted by Crippen LogP contribution is -2.61. The van der Waals surface area contributed by atoms with Gasteiger partial charge in [0.1, 0.15) is 0 Å². The van der Waals surface area contributed by atoms with E-state index in [2.05, 4.69) is 185 Å². The van der Waals surface area contributed by atoms with Crippen LogP contribution in [0.5, 0.6) is 0 Å². The van der Waals surface area contributed by atoms with Crippen molar-refractivity contribution in [2.45, 2.75) is 12.8 Å². The Kier molecular flexibility index (Phi) is 6.38. The Morgan fingerprint density at radius 2 is 1.00 bits per heavy atom. The van der Waals surface area contributed by atoms with Crippen LogP contribution in [0.4, 0.5) is 45.5 Å². The SMILES string of the molecule is C1=CCCC(N(c2ccccc2)c2cc3c4c(c2)N(c2ccccc2)c2ccccc2B4c2ccccc2N3c2ccccc2)=C1. The smallest absolute Gasteiger partial charge is 0.252 e. The first-order valence-corrected chi connectivity index (χ1v) is 16.1. The van der Waals surface area contributed by atoms with Crippen molar-refractivity contribution in [3.8, 4) is 0 Å². The van der Waals surface area contributed by atoms with E-state index >= 15 is 0 Å². The molecule has 0 fully saturated rings. The van der Waals surface area contributed by atoms with Gasteiger partial charge in [0.05, 0.1) is 0 Å². The Labute approximate surface area is 271 Å². The number of hydrogen-bond acceptors (Lipinski definition) is 3. The molecule has 0 N–H and O–H groups in total. The van der Waals surface area contributed by atoms with Crippen LogP contribution in [0, 0.1) is 0 Å². The minimum atomic E-state index is 0.105. The van der Waals surface area contributed by atoms with Gasteiger partial charge in [-0.15, -0.1) is 0 Å². The summed E-state index contributed by atoms with van der Waals surface area (Å²) in [5.41, 5.74) is 14.8. The predicted octanol–water partition coefficient (Wildman–Crippen LogP) is 9.14. The number of anilines is 8. The number of rotatable bonds is 5. The highest BCUT2D eigenvalue weighted by molar-refractivity contribution is 7.00. The summed E-state index contributed by atoms with van der Waals surface area (Å²) in [5, 5.41) is 0. The van der Waals surface area contributed by atoms with Crippen molar-refractivity contribution < 1.29 is 0 Å². The largest absolute Gasteiger partial charge is 0.314 e. The molecule has 0 saturated heterocycles. The lowest BCUT2D eigenvalue weighted by Gasteiger charge is -2.45. The zero-order chi connectivity index (χ0) is 30.5. The lowest BCUT2D eigenvalue weighted by atomic mass is 9.33. The molecule has 2 aliphatic heterocycles. The Hall–Kier alpha value is -5.74. The van der Waals surface area contributed by atoms with Gasteiger partial charge in [0.2, 0.25) is 0 Å². The van der Waals surface area contributed by atoms with Crippen molar-refractivity contribution in [3.63, 3.8) is 0 Å². The lowest BCUT2D eigenvalue weighted by molar-refractivity contribution is 0.917. The second kappa shape index (κ2) is 11.0. The molecule has 0 spiro atoms. The van der Waals surface area contributed by atoms with Gasteiger partial charge in [-0.3, -0.25) is 0 Å². The molecule has 0 unspecified atom stereocenters. The Balaban J connectivity index is 1.40. The summed E-state index contributed by atoms with van der Waals surface area (Å²) < 4.78 is 0. The highest BCUT2D eigenvalue weighted by atomic mass is 15.2. The first kappa shape index (κ1) is 26.6. The first-order chi connectivity index (χ1) is 22.9. The molecule has 6 aromatic carbocycles. The maximum Gasteiger partial charge on any atom is 0.252 e. The molecule has 1 aliphatic carbocycles. The first-order valence-electron chi connectivity index (χ1n) is 16.1. The summed E-state index contributed by atoms with van der Waals surface area (Å²) in [6.07, 6.45) is 8.75. The zero-order valence-corrected chi connectivity index (χ0v) is 25.5. The second-order valence-electron chi connectivity index (χ2n) is 12.1. The van der Waals surface area contributed by atoms with Gasteiger partial charge in [-0.25, -0.2) is 0 Å². The number of fused-ring (bicyclic) bond motifs is 4. The molecule has 0 radical (unpaired) electrons.